The SMILES string of the molecule is CCC(O)C(C(C)C)C(O)CO. The number of hydrogen-bond acceptors (Lipinski definition) is 3. The van der Waals surface area contributed by atoms with Gasteiger partial charge in [-0.15, -0.1) is 0 Å². The van der Waals surface area contributed by atoms with Gasteiger partial charge in [0.25, 0.3) is 0 Å². The molecule has 0 aromatic heterocycles. The summed E-state index contributed by atoms with van der Waals surface area (Å²) >= 11 is 0. The largest absolute Gasteiger partial charge is 0.394 e. The molecule has 0 aromatic carbocycles. The van der Waals surface area contributed by atoms with Crippen LogP contribution in [0, 0.1) is 11.8 Å². The van der Waals surface area contributed by atoms with E-state index < -0.39 is 12.2 Å². The van der Waals surface area contributed by atoms with Crippen LogP contribution in [0.1, 0.15) is 27.2 Å². The van der Waals surface area contributed by atoms with Gasteiger partial charge in [0.2, 0.25) is 0 Å². The van der Waals surface area contributed by atoms with Crippen LogP contribution in [0.25, 0.3) is 0 Å². The van der Waals surface area contributed by atoms with Gasteiger partial charge >= 0.3 is 0 Å². The van der Waals surface area contributed by atoms with Crippen molar-refractivity contribution < 1.29 is 15.3 Å². The maximum absolute atomic E-state index is 9.52. The van der Waals surface area contributed by atoms with Gasteiger partial charge in [-0.05, 0) is 12.3 Å². The van der Waals surface area contributed by atoms with Crippen molar-refractivity contribution in [3.63, 3.8) is 0 Å². The summed E-state index contributed by atoms with van der Waals surface area (Å²) in [5.41, 5.74) is 0. The molecule has 0 saturated carbocycles. The predicted molar refractivity (Wildman–Crippen MR) is 47.7 cm³/mol. The standard InChI is InChI=1S/C9H20O3/c1-4-7(11)9(6(2)3)8(12)5-10/h6-12H,4-5H2,1-3H3. The first kappa shape index (κ1) is 11.9. The van der Waals surface area contributed by atoms with Crippen LogP contribution in [0.4, 0.5) is 0 Å². The van der Waals surface area contributed by atoms with Gasteiger partial charge < -0.3 is 15.3 Å². The molecule has 0 saturated heterocycles. The van der Waals surface area contributed by atoms with Gasteiger partial charge in [0.05, 0.1) is 18.8 Å². The lowest BCUT2D eigenvalue weighted by Crippen LogP contribution is -2.37. The van der Waals surface area contributed by atoms with Crippen molar-refractivity contribution in [2.24, 2.45) is 11.8 Å². The van der Waals surface area contributed by atoms with E-state index in [4.69, 9.17) is 5.11 Å². The fourth-order valence-electron chi connectivity index (χ4n) is 1.54. The number of aliphatic hydroxyl groups is 3. The highest BCUT2D eigenvalue weighted by Gasteiger charge is 2.27. The second kappa shape index (κ2) is 5.51. The minimum absolute atomic E-state index is 0.182. The molecule has 3 N–H and O–H groups in total. The molecule has 0 heterocycles. The molecule has 0 rings (SSSR count). The Kier molecular flexibility index (Phi) is 5.46. The normalized spacial score (nSPS) is 19.2. The number of hydrogen-bond donors (Lipinski definition) is 3. The highest BCUT2D eigenvalue weighted by molar-refractivity contribution is 4.77. The summed E-state index contributed by atoms with van der Waals surface area (Å²) in [6, 6.07) is 0. The first-order chi connectivity index (χ1) is 5.54. The smallest absolute Gasteiger partial charge is 0.0826 e. The van der Waals surface area contributed by atoms with E-state index in [-0.39, 0.29) is 18.4 Å². The highest BCUT2D eigenvalue weighted by atomic mass is 16.3. The first-order valence-corrected chi connectivity index (χ1v) is 4.51. The topological polar surface area (TPSA) is 60.7 Å². The molecule has 3 nitrogen and oxygen atoms in total. The Morgan fingerprint density at radius 1 is 1.08 bits per heavy atom. The average molecular weight is 176 g/mol. The molecule has 3 heteroatoms. The monoisotopic (exact) mass is 176 g/mol. The molecule has 0 aliphatic heterocycles. The van der Waals surface area contributed by atoms with Crippen LogP contribution in [0.2, 0.25) is 0 Å². The second-order valence-corrected chi connectivity index (χ2v) is 3.55. The van der Waals surface area contributed by atoms with E-state index >= 15 is 0 Å². The van der Waals surface area contributed by atoms with E-state index in [9.17, 15) is 10.2 Å². The number of rotatable bonds is 5. The molecule has 0 aliphatic carbocycles. The molecule has 0 aliphatic rings. The van der Waals surface area contributed by atoms with Crippen molar-refractivity contribution in [3.8, 4) is 0 Å². The lowest BCUT2D eigenvalue weighted by molar-refractivity contribution is -0.0372. The van der Waals surface area contributed by atoms with E-state index in [0.717, 1.165) is 0 Å². The molecule has 0 spiro atoms. The van der Waals surface area contributed by atoms with Crippen LogP contribution in [0.15, 0.2) is 0 Å². The van der Waals surface area contributed by atoms with E-state index in [1.165, 1.54) is 0 Å². The van der Waals surface area contributed by atoms with Gasteiger partial charge in [0, 0.05) is 5.92 Å². The summed E-state index contributed by atoms with van der Waals surface area (Å²) in [4.78, 5) is 0. The van der Waals surface area contributed by atoms with Gasteiger partial charge in [-0.3, -0.25) is 0 Å². The molecular weight excluding hydrogens is 156 g/mol. The van der Waals surface area contributed by atoms with Crippen molar-refractivity contribution in [1.29, 1.82) is 0 Å². The third-order valence-corrected chi connectivity index (χ3v) is 2.26. The molecule has 74 valence electrons. The molecule has 0 fully saturated rings. The van der Waals surface area contributed by atoms with Crippen LogP contribution in [0.5, 0.6) is 0 Å². The van der Waals surface area contributed by atoms with Crippen LogP contribution in [-0.4, -0.2) is 34.1 Å². The average Bonchev–Trinajstić information content (AvgIpc) is 2.03. The van der Waals surface area contributed by atoms with Crippen molar-refractivity contribution >= 4 is 0 Å². The Morgan fingerprint density at radius 2 is 1.58 bits per heavy atom. The van der Waals surface area contributed by atoms with Gasteiger partial charge in [-0.1, -0.05) is 20.8 Å². The third kappa shape index (κ3) is 3.09. The molecule has 0 bridgehead atoms. The van der Waals surface area contributed by atoms with E-state index in [0.29, 0.717) is 6.42 Å². The van der Waals surface area contributed by atoms with Crippen molar-refractivity contribution in [2.75, 3.05) is 6.61 Å². The Morgan fingerprint density at radius 3 is 1.83 bits per heavy atom. The minimum Gasteiger partial charge on any atom is -0.394 e. The summed E-state index contributed by atoms with van der Waals surface area (Å²) in [6.45, 7) is 5.45. The second-order valence-electron chi connectivity index (χ2n) is 3.55. The summed E-state index contributed by atoms with van der Waals surface area (Å²) < 4.78 is 0. The summed E-state index contributed by atoms with van der Waals surface area (Å²) in [5, 5.41) is 27.6. The summed E-state index contributed by atoms with van der Waals surface area (Å²) in [5.74, 6) is -0.0397. The first-order valence-electron chi connectivity index (χ1n) is 4.51. The third-order valence-electron chi connectivity index (χ3n) is 2.26. The van der Waals surface area contributed by atoms with Crippen molar-refractivity contribution in [1.82, 2.24) is 0 Å². The molecule has 12 heavy (non-hydrogen) atoms. The van der Waals surface area contributed by atoms with Gasteiger partial charge in [-0.25, -0.2) is 0 Å². The minimum atomic E-state index is -0.806. The maximum atomic E-state index is 9.52. The molecular formula is C9H20O3. The van der Waals surface area contributed by atoms with E-state index in [1.54, 1.807) is 0 Å². The maximum Gasteiger partial charge on any atom is 0.0826 e. The van der Waals surface area contributed by atoms with Crippen LogP contribution < -0.4 is 0 Å². The lowest BCUT2D eigenvalue weighted by atomic mass is 9.84. The molecule has 0 amide bonds. The highest BCUT2D eigenvalue weighted by Crippen LogP contribution is 2.21. The van der Waals surface area contributed by atoms with Crippen molar-refractivity contribution in [2.45, 2.75) is 39.4 Å². The quantitative estimate of drug-likeness (QED) is 0.567. The molecule has 0 radical (unpaired) electrons. The molecule has 0 aromatic rings. The predicted octanol–water partition coefficient (Wildman–Crippen LogP) is 0.383. The fraction of sp³-hybridized carbons (Fsp3) is 1.00. The van der Waals surface area contributed by atoms with Crippen LogP contribution in [0.3, 0.4) is 0 Å². The van der Waals surface area contributed by atoms with Gasteiger partial charge in [0.15, 0.2) is 0 Å². The zero-order valence-electron chi connectivity index (χ0n) is 8.07. The molecule has 3 unspecified atom stereocenters. The number of aliphatic hydroxyl groups excluding tert-OH is 3. The van der Waals surface area contributed by atoms with Crippen LogP contribution >= 0.6 is 0 Å². The Hall–Kier alpha value is -0.120. The summed E-state index contributed by atoms with van der Waals surface area (Å²) in [7, 11) is 0. The van der Waals surface area contributed by atoms with E-state index in [1.807, 2.05) is 20.8 Å². The fourth-order valence-corrected chi connectivity index (χ4v) is 1.54. The Balaban J connectivity index is 4.21. The van der Waals surface area contributed by atoms with Gasteiger partial charge in [-0.2, -0.15) is 0 Å². The lowest BCUT2D eigenvalue weighted by Gasteiger charge is -2.29. The zero-order valence-corrected chi connectivity index (χ0v) is 8.07. The Labute approximate surface area is 74.0 Å². The van der Waals surface area contributed by atoms with Gasteiger partial charge in [0.1, 0.15) is 0 Å². The zero-order chi connectivity index (χ0) is 9.72. The molecule has 3 atom stereocenters. The summed E-state index contributed by atoms with van der Waals surface area (Å²) in [6.07, 6.45) is -0.716. The Bertz CT molecular complexity index is 104. The van der Waals surface area contributed by atoms with Crippen LogP contribution in [-0.2, 0) is 0 Å². The van der Waals surface area contributed by atoms with E-state index in [2.05, 4.69) is 0 Å². The van der Waals surface area contributed by atoms with Crippen molar-refractivity contribution in [3.05, 3.63) is 0 Å².